The number of fused-ring (bicyclic) bond motifs is 1. The molecular formula is C21H21ClN6O. The Morgan fingerprint density at radius 2 is 1.76 bits per heavy atom. The Labute approximate surface area is 173 Å². The molecule has 148 valence electrons. The number of nitrogens with two attached hydrogens (primary N) is 1. The summed E-state index contributed by atoms with van der Waals surface area (Å²) >= 11 is 6.21. The summed E-state index contributed by atoms with van der Waals surface area (Å²) in [6, 6.07) is 11.3. The number of nitrogens with one attached hydrogen (secondary N) is 1. The molecule has 0 saturated heterocycles. The zero-order valence-electron chi connectivity index (χ0n) is 16.6. The van der Waals surface area contributed by atoms with E-state index in [-0.39, 0.29) is 0 Å². The molecule has 0 fully saturated rings. The topological polar surface area (TPSA) is 90.9 Å². The lowest BCUT2D eigenvalue weighted by Gasteiger charge is -2.12. The second-order valence-electron chi connectivity index (χ2n) is 6.87. The number of nitrogen functional groups attached to an aromatic ring is 1. The van der Waals surface area contributed by atoms with Crippen LogP contribution in [0.2, 0.25) is 5.02 Å². The molecule has 4 aromatic rings. The van der Waals surface area contributed by atoms with E-state index in [0.717, 1.165) is 22.5 Å². The maximum absolute atomic E-state index is 6.21. The van der Waals surface area contributed by atoms with Gasteiger partial charge in [0.25, 0.3) is 0 Å². The Morgan fingerprint density at radius 1 is 1.00 bits per heavy atom. The van der Waals surface area contributed by atoms with E-state index < -0.39 is 0 Å². The number of hydrogen-bond acceptors (Lipinski definition) is 6. The molecule has 3 N–H and O–H groups in total. The van der Waals surface area contributed by atoms with Gasteiger partial charge in [-0.05, 0) is 62.2 Å². The van der Waals surface area contributed by atoms with E-state index in [1.54, 1.807) is 25.3 Å². The van der Waals surface area contributed by atoms with Crippen molar-refractivity contribution in [2.75, 3.05) is 18.2 Å². The van der Waals surface area contributed by atoms with Crippen LogP contribution in [-0.2, 0) is 0 Å². The molecule has 2 aromatic heterocycles. The summed E-state index contributed by atoms with van der Waals surface area (Å²) in [6.45, 7) is 6.10. The predicted molar refractivity (Wildman–Crippen MR) is 117 cm³/mol. The summed E-state index contributed by atoms with van der Waals surface area (Å²) in [7, 11) is 1.57. The highest BCUT2D eigenvalue weighted by Gasteiger charge is 2.14. The largest absolute Gasteiger partial charge is 0.495 e. The average molecular weight is 409 g/mol. The molecule has 0 spiro atoms. The van der Waals surface area contributed by atoms with Crippen molar-refractivity contribution in [2.45, 2.75) is 20.8 Å². The smallest absolute Gasteiger partial charge is 0.231 e. The van der Waals surface area contributed by atoms with Crippen LogP contribution >= 0.6 is 11.6 Å². The van der Waals surface area contributed by atoms with Crippen molar-refractivity contribution in [2.24, 2.45) is 0 Å². The van der Waals surface area contributed by atoms with Gasteiger partial charge in [-0.2, -0.15) is 9.97 Å². The summed E-state index contributed by atoms with van der Waals surface area (Å²) in [6.07, 6.45) is 0. The first-order chi connectivity index (χ1) is 13.9. The molecule has 0 bridgehead atoms. The van der Waals surface area contributed by atoms with Crippen molar-refractivity contribution in [1.29, 1.82) is 0 Å². The fourth-order valence-electron chi connectivity index (χ4n) is 3.24. The van der Waals surface area contributed by atoms with Crippen molar-refractivity contribution in [3.05, 3.63) is 58.4 Å². The predicted octanol–water partition coefficient (Wildman–Crippen LogP) is 4.73. The van der Waals surface area contributed by atoms with Crippen LogP contribution < -0.4 is 15.8 Å². The Kier molecular flexibility index (Phi) is 4.76. The lowest BCUT2D eigenvalue weighted by atomic mass is 10.1. The van der Waals surface area contributed by atoms with Gasteiger partial charge in [-0.25, -0.2) is 4.98 Å². The standard InChI is InChI=1S/C21H21ClN6O/c1-11-7-16-17(8-12(11)2)28(13(3)24-16)20-10-19(23)26-21(27-20)25-14-5-6-18(29-4)15(22)9-14/h5-10H,1-4H3,(H3,23,25,26,27). The molecule has 0 unspecified atom stereocenters. The third-order valence-electron chi connectivity index (χ3n) is 4.81. The highest BCUT2D eigenvalue weighted by Crippen LogP contribution is 2.29. The molecule has 2 aromatic carbocycles. The fraction of sp³-hybridized carbons (Fsp3) is 0.190. The van der Waals surface area contributed by atoms with Crippen LogP contribution in [0.25, 0.3) is 16.9 Å². The van der Waals surface area contributed by atoms with Gasteiger partial charge < -0.3 is 15.8 Å². The third kappa shape index (κ3) is 3.56. The molecule has 0 aliphatic heterocycles. The van der Waals surface area contributed by atoms with Gasteiger partial charge in [0.15, 0.2) is 0 Å². The minimum Gasteiger partial charge on any atom is -0.495 e. The molecule has 7 nitrogen and oxygen atoms in total. The average Bonchev–Trinajstić information content (AvgIpc) is 2.96. The normalized spacial score (nSPS) is 11.1. The number of imidazole rings is 1. The molecular weight excluding hydrogens is 388 g/mol. The van der Waals surface area contributed by atoms with Gasteiger partial charge in [0, 0.05) is 11.8 Å². The zero-order valence-corrected chi connectivity index (χ0v) is 17.4. The van der Waals surface area contributed by atoms with Crippen molar-refractivity contribution >= 4 is 40.1 Å². The van der Waals surface area contributed by atoms with Crippen LogP contribution in [-0.4, -0.2) is 26.6 Å². The van der Waals surface area contributed by atoms with E-state index in [1.807, 2.05) is 17.6 Å². The van der Waals surface area contributed by atoms with Gasteiger partial charge >= 0.3 is 0 Å². The highest BCUT2D eigenvalue weighted by molar-refractivity contribution is 6.32. The van der Waals surface area contributed by atoms with Crippen LogP contribution in [0.4, 0.5) is 17.5 Å². The van der Waals surface area contributed by atoms with Gasteiger partial charge in [0.2, 0.25) is 5.95 Å². The second-order valence-corrected chi connectivity index (χ2v) is 7.28. The van der Waals surface area contributed by atoms with Gasteiger partial charge in [0.05, 0.1) is 23.2 Å². The molecule has 0 atom stereocenters. The number of aryl methyl sites for hydroxylation is 3. The fourth-order valence-corrected chi connectivity index (χ4v) is 3.50. The van der Waals surface area contributed by atoms with E-state index in [0.29, 0.717) is 28.4 Å². The van der Waals surface area contributed by atoms with Gasteiger partial charge in [0.1, 0.15) is 23.2 Å². The maximum Gasteiger partial charge on any atom is 0.231 e. The molecule has 0 aliphatic rings. The summed E-state index contributed by atoms with van der Waals surface area (Å²) < 4.78 is 7.17. The van der Waals surface area contributed by atoms with Crippen LogP contribution in [0, 0.1) is 20.8 Å². The third-order valence-corrected chi connectivity index (χ3v) is 5.10. The van der Waals surface area contributed by atoms with E-state index >= 15 is 0 Å². The number of rotatable bonds is 4. The van der Waals surface area contributed by atoms with Crippen molar-refractivity contribution < 1.29 is 4.74 Å². The van der Waals surface area contributed by atoms with Crippen LogP contribution in [0.15, 0.2) is 36.4 Å². The van der Waals surface area contributed by atoms with E-state index in [2.05, 4.69) is 46.2 Å². The Bertz CT molecular complexity index is 1230. The van der Waals surface area contributed by atoms with E-state index in [4.69, 9.17) is 22.1 Å². The first-order valence-electron chi connectivity index (χ1n) is 9.07. The minimum atomic E-state index is 0.349. The van der Waals surface area contributed by atoms with Crippen molar-refractivity contribution in [3.63, 3.8) is 0 Å². The quantitative estimate of drug-likeness (QED) is 0.507. The summed E-state index contributed by atoms with van der Waals surface area (Å²) in [4.78, 5) is 13.6. The second kappa shape index (κ2) is 7.25. The molecule has 29 heavy (non-hydrogen) atoms. The van der Waals surface area contributed by atoms with E-state index in [1.165, 1.54) is 11.1 Å². The highest BCUT2D eigenvalue weighted by atomic mass is 35.5. The Hall–Kier alpha value is -3.32. The van der Waals surface area contributed by atoms with Gasteiger partial charge in [-0.1, -0.05) is 11.6 Å². The maximum atomic E-state index is 6.21. The first kappa shape index (κ1) is 19.0. The number of anilines is 3. The van der Waals surface area contributed by atoms with Crippen LogP contribution in [0.3, 0.4) is 0 Å². The molecule has 0 saturated carbocycles. The van der Waals surface area contributed by atoms with Crippen LogP contribution in [0.5, 0.6) is 5.75 Å². The zero-order chi connectivity index (χ0) is 20.7. The molecule has 0 amide bonds. The summed E-state index contributed by atoms with van der Waals surface area (Å²) in [5.74, 6) is 2.77. The van der Waals surface area contributed by atoms with E-state index in [9.17, 15) is 0 Å². The molecule has 0 radical (unpaired) electrons. The van der Waals surface area contributed by atoms with Gasteiger partial charge in [-0.15, -0.1) is 0 Å². The number of aromatic nitrogens is 4. The van der Waals surface area contributed by atoms with Crippen LogP contribution in [0.1, 0.15) is 17.0 Å². The monoisotopic (exact) mass is 408 g/mol. The number of hydrogen-bond donors (Lipinski definition) is 2. The number of nitrogens with zero attached hydrogens (tertiary/aromatic N) is 4. The summed E-state index contributed by atoms with van der Waals surface area (Å²) in [5, 5.41) is 3.64. The molecule has 0 aliphatic carbocycles. The minimum absolute atomic E-state index is 0.349. The van der Waals surface area contributed by atoms with Crippen molar-refractivity contribution in [3.8, 4) is 11.6 Å². The number of benzene rings is 2. The number of halogens is 1. The SMILES string of the molecule is COc1ccc(Nc2nc(N)cc(-n3c(C)nc4cc(C)c(C)cc43)n2)cc1Cl. The number of methoxy groups -OCH3 is 1. The number of ether oxygens (including phenoxy) is 1. The first-order valence-corrected chi connectivity index (χ1v) is 9.45. The van der Waals surface area contributed by atoms with Crippen molar-refractivity contribution in [1.82, 2.24) is 19.5 Å². The lowest BCUT2D eigenvalue weighted by molar-refractivity contribution is 0.415. The Morgan fingerprint density at radius 3 is 2.48 bits per heavy atom. The molecule has 2 heterocycles. The lowest BCUT2D eigenvalue weighted by Crippen LogP contribution is -2.07. The molecule has 8 heteroatoms. The molecule has 4 rings (SSSR count). The van der Waals surface area contributed by atoms with Gasteiger partial charge in [-0.3, -0.25) is 4.57 Å². The Balaban J connectivity index is 1.78. The summed E-state index contributed by atoms with van der Waals surface area (Å²) in [5.41, 5.74) is 11.1.